The van der Waals surface area contributed by atoms with Gasteiger partial charge in [0, 0.05) is 55.6 Å². The number of likely N-dealkylation sites (N-methyl/N-ethyl adjacent to an activating group) is 1. The molecule has 15 heteroatoms. The first kappa shape index (κ1) is 30.4. The van der Waals surface area contributed by atoms with Gasteiger partial charge in [-0.05, 0) is 56.9 Å². The number of halogens is 1. The third-order valence-electron chi connectivity index (χ3n) is 7.62. The molecule has 3 aliphatic heterocycles. The largest absolute Gasteiger partial charge is 0.337 e. The second-order valence-electron chi connectivity index (χ2n) is 10.4. The van der Waals surface area contributed by atoms with E-state index in [1.807, 2.05) is 4.90 Å². The van der Waals surface area contributed by atoms with Crippen LogP contribution in [0.1, 0.15) is 37.0 Å². The highest BCUT2D eigenvalue weighted by Gasteiger charge is 2.37. The van der Waals surface area contributed by atoms with Crippen LogP contribution in [0.4, 0.5) is 0 Å². The molecule has 11 nitrogen and oxygen atoms in total. The molecule has 2 amide bonds. The zero-order chi connectivity index (χ0) is 28.4. The fraction of sp³-hybridized carbons (Fsp3) is 0.667. The van der Waals surface area contributed by atoms with E-state index in [1.54, 1.807) is 19.2 Å². The van der Waals surface area contributed by atoms with Crippen LogP contribution in [0.5, 0.6) is 0 Å². The Morgan fingerprint density at radius 1 is 1.15 bits per heavy atom. The molecule has 0 aromatic carbocycles. The molecular weight excluding hydrogens is 586 g/mol. The first-order chi connectivity index (χ1) is 18.3. The summed E-state index contributed by atoms with van der Waals surface area (Å²) in [5, 5.41) is 1.03. The Bertz CT molecular complexity index is 1300. The lowest BCUT2D eigenvalue weighted by atomic mass is 10.1. The van der Waals surface area contributed by atoms with Crippen LogP contribution in [0.2, 0.25) is 4.34 Å². The zero-order valence-electron chi connectivity index (χ0n) is 22.2. The monoisotopic (exact) mass is 621 g/mol. The molecule has 1 aromatic heterocycles. The van der Waals surface area contributed by atoms with Gasteiger partial charge >= 0.3 is 0 Å². The number of piperidine rings is 1. The highest BCUT2D eigenvalue weighted by atomic mass is 35.5. The maximum Gasteiger partial charge on any atom is 0.242 e. The lowest BCUT2D eigenvalue weighted by Crippen LogP contribution is -2.55. The van der Waals surface area contributed by atoms with Crippen molar-refractivity contribution in [3.8, 4) is 0 Å². The summed E-state index contributed by atoms with van der Waals surface area (Å²) in [6, 6.07) is 2.39. The maximum absolute atomic E-state index is 13.3. The summed E-state index contributed by atoms with van der Waals surface area (Å²) in [5.41, 5.74) is 0. The van der Waals surface area contributed by atoms with Crippen molar-refractivity contribution in [3.05, 3.63) is 26.8 Å². The summed E-state index contributed by atoms with van der Waals surface area (Å²) in [5.74, 6) is -0.541. The standard InChI is InChI=1S/C24H36ClN5O6S3/c1-27(38(2,33)34)18-9-13-28(15-18)16-19-5-3-12-30(19)23(31)17-29-11-4-6-21(24(29)32)26-39(35,36)14-10-20-7-8-22(25)37-20/h7-8,10,14,18-19,21,26H,3-6,9,11-13,15-17H2,1-2H3/b14-10+/t18?,19-,21-/m0/s1. The Hall–Kier alpha value is -1.55. The van der Waals surface area contributed by atoms with Crippen molar-refractivity contribution in [1.29, 1.82) is 0 Å². The SMILES string of the molecule is CN(C1CCN(C[C@@H]2CCCN2C(=O)CN2CCC[C@H](NS(=O)(=O)/C=C/c3ccc(Cl)s3)C2=O)C1)S(C)(=O)=O. The number of thiophene rings is 1. The van der Waals surface area contributed by atoms with E-state index in [9.17, 15) is 26.4 Å². The Balaban J connectivity index is 1.31. The van der Waals surface area contributed by atoms with Gasteiger partial charge in [-0.25, -0.2) is 21.1 Å². The van der Waals surface area contributed by atoms with Crippen molar-refractivity contribution < 1.29 is 26.4 Å². The number of carbonyl (C=O) groups is 2. The topological polar surface area (TPSA) is 127 Å². The third kappa shape index (κ3) is 8.02. The van der Waals surface area contributed by atoms with Gasteiger partial charge in [-0.3, -0.25) is 14.5 Å². The second kappa shape index (κ2) is 12.5. The van der Waals surface area contributed by atoms with E-state index >= 15 is 0 Å². The van der Waals surface area contributed by atoms with Crippen molar-refractivity contribution in [3.63, 3.8) is 0 Å². The van der Waals surface area contributed by atoms with Crippen LogP contribution in [-0.4, -0.2) is 118 Å². The molecule has 3 atom stereocenters. The van der Waals surface area contributed by atoms with Gasteiger partial charge in [0.1, 0.15) is 6.04 Å². The van der Waals surface area contributed by atoms with E-state index in [4.69, 9.17) is 11.6 Å². The number of carbonyl (C=O) groups excluding carboxylic acids is 2. The predicted octanol–water partition coefficient (Wildman–Crippen LogP) is 1.24. The van der Waals surface area contributed by atoms with Gasteiger partial charge in [0.2, 0.25) is 31.9 Å². The highest BCUT2D eigenvalue weighted by molar-refractivity contribution is 7.92. The molecule has 0 bridgehead atoms. The normalized spacial score (nSPS) is 25.4. The molecule has 218 valence electrons. The molecule has 0 aliphatic carbocycles. The minimum absolute atomic E-state index is 0.00451. The quantitative estimate of drug-likeness (QED) is 0.416. The molecule has 39 heavy (non-hydrogen) atoms. The molecule has 1 N–H and O–H groups in total. The van der Waals surface area contributed by atoms with E-state index in [0.29, 0.717) is 48.2 Å². The Morgan fingerprint density at radius 2 is 1.90 bits per heavy atom. The number of rotatable bonds is 10. The van der Waals surface area contributed by atoms with E-state index < -0.39 is 32.0 Å². The van der Waals surface area contributed by atoms with Gasteiger partial charge in [-0.1, -0.05) is 11.6 Å². The first-order valence-electron chi connectivity index (χ1n) is 13.0. The highest BCUT2D eigenvalue weighted by Crippen LogP contribution is 2.24. The fourth-order valence-electron chi connectivity index (χ4n) is 5.47. The van der Waals surface area contributed by atoms with Gasteiger partial charge in [-0.15, -0.1) is 11.3 Å². The fourth-order valence-corrected chi connectivity index (χ4v) is 8.25. The molecule has 3 saturated heterocycles. The average Bonchev–Trinajstić information content (AvgIpc) is 3.61. The second-order valence-corrected chi connectivity index (χ2v) is 15.8. The van der Waals surface area contributed by atoms with Crippen molar-refractivity contribution in [2.24, 2.45) is 0 Å². The van der Waals surface area contributed by atoms with Crippen LogP contribution in [0.25, 0.3) is 6.08 Å². The summed E-state index contributed by atoms with van der Waals surface area (Å²) >= 11 is 7.13. The number of hydrogen-bond donors (Lipinski definition) is 1. The van der Waals surface area contributed by atoms with Crippen molar-refractivity contribution in [1.82, 2.24) is 23.7 Å². The smallest absolute Gasteiger partial charge is 0.242 e. The summed E-state index contributed by atoms with van der Waals surface area (Å²) < 4.78 is 53.4. The summed E-state index contributed by atoms with van der Waals surface area (Å²) in [6.07, 6.45) is 6.07. The van der Waals surface area contributed by atoms with E-state index in [-0.39, 0.29) is 24.5 Å². The number of sulfonamides is 2. The molecule has 1 aromatic rings. The molecule has 0 saturated carbocycles. The summed E-state index contributed by atoms with van der Waals surface area (Å²) in [4.78, 5) is 32.5. The molecule has 1 unspecified atom stereocenters. The third-order valence-corrected chi connectivity index (χ3v) is 11.3. The van der Waals surface area contributed by atoms with E-state index in [2.05, 4.69) is 9.62 Å². The van der Waals surface area contributed by atoms with Gasteiger partial charge in [0.25, 0.3) is 0 Å². The minimum atomic E-state index is -3.87. The van der Waals surface area contributed by atoms with Crippen LogP contribution < -0.4 is 4.72 Å². The molecule has 0 spiro atoms. The summed E-state index contributed by atoms with van der Waals surface area (Å²) in [6.45, 7) is 2.98. The van der Waals surface area contributed by atoms with Gasteiger partial charge < -0.3 is 9.80 Å². The maximum atomic E-state index is 13.3. The van der Waals surface area contributed by atoms with Crippen molar-refractivity contribution in [2.75, 3.05) is 52.6 Å². The lowest BCUT2D eigenvalue weighted by Gasteiger charge is -2.34. The molecule has 3 fully saturated rings. The zero-order valence-corrected chi connectivity index (χ0v) is 25.4. The van der Waals surface area contributed by atoms with Crippen molar-refractivity contribution >= 4 is 60.9 Å². The predicted molar refractivity (Wildman–Crippen MR) is 152 cm³/mol. The van der Waals surface area contributed by atoms with Gasteiger partial charge in [0.05, 0.1) is 17.1 Å². The van der Waals surface area contributed by atoms with Crippen LogP contribution in [0.3, 0.4) is 0 Å². The number of nitrogens with one attached hydrogen (secondary N) is 1. The van der Waals surface area contributed by atoms with Gasteiger partial charge in [0.15, 0.2) is 0 Å². The molecular formula is C24H36ClN5O6S3. The number of nitrogens with zero attached hydrogens (tertiary/aromatic N) is 4. The number of hydrogen-bond acceptors (Lipinski definition) is 8. The Morgan fingerprint density at radius 3 is 2.59 bits per heavy atom. The molecule has 4 rings (SSSR count). The molecule has 4 heterocycles. The lowest BCUT2D eigenvalue weighted by molar-refractivity contribution is -0.143. The van der Waals surface area contributed by atoms with Crippen molar-refractivity contribution in [2.45, 2.75) is 50.2 Å². The van der Waals surface area contributed by atoms with Crippen LogP contribution in [-0.2, 0) is 29.6 Å². The van der Waals surface area contributed by atoms with Gasteiger partial charge in [-0.2, -0.15) is 4.72 Å². The Labute approximate surface area is 239 Å². The van der Waals surface area contributed by atoms with Crippen LogP contribution in [0.15, 0.2) is 17.5 Å². The number of amides is 2. The van der Waals surface area contributed by atoms with E-state index in [0.717, 1.165) is 31.2 Å². The first-order valence-corrected chi connectivity index (χ1v) is 17.6. The van der Waals surface area contributed by atoms with Crippen LogP contribution in [0, 0.1) is 0 Å². The average molecular weight is 622 g/mol. The Kier molecular flexibility index (Phi) is 9.77. The molecule has 3 aliphatic rings. The minimum Gasteiger partial charge on any atom is -0.337 e. The van der Waals surface area contributed by atoms with E-state index in [1.165, 1.54) is 32.9 Å². The van der Waals surface area contributed by atoms with Crippen LogP contribution >= 0.6 is 22.9 Å². The molecule has 0 radical (unpaired) electrons. The summed E-state index contributed by atoms with van der Waals surface area (Å²) in [7, 11) is -5.52. The number of likely N-dealkylation sites (tertiary alicyclic amines) is 3.